The van der Waals surface area contributed by atoms with Crippen molar-refractivity contribution in [2.75, 3.05) is 12.4 Å². The van der Waals surface area contributed by atoms with Gasteiger partial charge in [-0.3, -0.25) is 4.79 Å². The molecule has 0 spiro atoms. The Morgan fingerprint density at radius 3 is 2.78 bits per heavy atom. The van der Waals surface area contributed by atoms with Gasteiger partial charge < -0.3 is 15.8 Å². The number of nitrogens with two attached hydrogens (primary N) is 1. The number of hydrogen-bond donors (Lipinski definition) is 2. The van der Waals surface area contributed by atoms with Crippen molar-refractivity contribution in [3.8, 4) is 0 Å². The van der Waals surface area contributed by atoms with Crippen molar-refractivity contribution in [2.24, 2.45) is 11.7 Å². The Bertz CT molecular complexity index is 395. The molecule has 100 valence electrons. The third-order valence-electron chi connectivity index (χ3n) is 2.39. The van der Waals surface area contributed by atoms with Crippen LogP contribution in [0.2, 0.25) is 0 Å². The molecule has 0 aliphatic rings. The minimum atomic E-state index is -0.421. The Kier molecular flexibility index (Phi) is 5.51. The maximum atomic E-state index is 11.3. The van der Waals surface area contributed by atoms with Crippen molar-refractivity contribution >= 4 is 11.7 Å². The van der Waals surface area contributed by atoms with Gasteiger partial charge in [-0.05, 0) is 12.3 Å². The first kappa shape index (κ1) is 14.4. The summed E-state index contributed by atoms with van der Waals surface area (Å²) in [6.07, 6.45) is 2.10. The summed E-state index contributed by atoms with van der Waals surface area (Å²) < 4.78 is 4.99. The van der Waals surface area contributed by atoms with E-state index in [1.807, 2.05) is 13.8 Å². The lowest BCUT2D eigenvalue weighted by Crippen LogP contribution is -2.36. The Morgan fingerprint density at radius 2 is 2.22 bits per heavy atom. The van der Waals surface area contributed by atoms with E-state index < -0.39 is 6.04 Å². The molecule has 6 nitrogen and oxygen atoms in total. The van der Waals surface area contributed by atoms with Gasteiger partial charge in [-0.1, -0.05) is 13.8 Å². The summed E-state index contributed by atoms with van der Waals surface area (Å²) >= 11 is 0. The average molecular weight is 252 g/mol. The van der Waals surface area contributed by atoms with Crippen LogP contribution in [0.25, 0.3) is 0 Å². The monoisotopic (exact) mass is 252 g/mol. The molecule has 3 N–H and O–H groups in total. The molecule has 1 rings (SSSR count). The summed E-state index contributed by atoms with van der Waals surface area (Å²) in [5, 5.41) is 3.03. The third-order valence-corrected chi connectivity index (χ3v) is 2.39. The van der Waals surface area contributed by atoms with E-state index in [2.05, 4.69) is 15.3 Å². The standard InChI is InChI=1S/C12H20N4O2/c1-8(2)4-10(12(13)17)16-11-5-9(6-18-3)14-7-15-11/h5,7-8,10H,4,6H2,1-3H3,(H2,13,17)(H,14,15,16)/t10-/m0/s1. The normalized spacial score (nSPS) is 12.4. The number of ether oxygens (including phenoxy) is 1. The second kappa shape index (κ2) is 6.90. The van der Waals surface area contributed by atoms with Crippen LogP contribution in [0.4, 0.5) is 5.82 Å². The van der Waals surface area contributed by atoms with Crippen molar-refractivity contribution < 1.29 is 9.53 Å². The van der Waals surface area contributed by atoms with Crippen LogP contribution in [0.5, 0.6) is 0 Å². The number of rotatable bonds is 7. The molecule has 0 saturated carbocycles. The molecule has 0 aromatic carbocycles. The van der Waals surface area contributed by atoms with Crippen LogP contribution >= 0.6 is 0 Å². The number of anilines is 1. The van der Waals surface area contributed by atoms with Gasteiger partial charge in [-0.15, -0.1) is 0 Å². The summed E-state index contributed by atoms with van der Waals surface area (Å²) in [5.74, 6) is 0.576. The van der Waals surface area contributed by atoms with E-state index in [0.717, 1.165) is 5.69 Å². The van der Waals surface area contributed by atoms with Crippen LogP contribution in [0.3, 0.4) is 0 Å². The first-order valence-corrected chi connectivity index (χ1v) is 5.88. The molecular weight excluding hydrogens is 232 g/mol. The van der Waals surface area contributed by atoms with E-state index in [-0.39, 0.29) is 5.91 Å². The molecule has 18 heavy (non-hydrogen) atoms. The lowest BCUT2D eigenvalue weighted by molar-refractivity contribution is -0.119. The quantitative estimate of drug-likeness (QED) is 0.753. The van der Waals surface area contributed by atoms with Gasteiger partial charge in [0.15, 0.2) is 0 Å². The number of primary amides is 1. The van der Waals surface area contributed by atoms with Crippen LogP contribution < -0.4 is 11.1 Å². The summed E-state index contributed by atoms with van der Waals surface area (Å²) in [6, 6.07) is 1.33. The molecule has 1 atom stereocenters. The first-order chi connectivity index (χ1) is 8.52. The topological polar surface area (TPSA) is 90.1 Å². The average Bonchev–Trinajstić information content (AvgIpc) is 2.28. The molecule has 0 saturated heterocycles. The molecule has 0 bridgehead atoms. The Labute approximate surface area is 107 Å². The highest BCUT2D eigenvalue weighted by Gasteiger charge is 2.17. The summed E-state index contributed by atoms with van der Waals surface area (Å²) in [5.41, 5.74) is 6.11. The van der Waals surface area contributed by atoms with Gasteiger partial charge in [0, 0.05) is 13.2 Å². The van der Waals surface area contributed by atoms with E-state index in [9.17, 15) is 4.79 Å². The fourth-order valence-electron chi connectivity index (χ4n) is 1.60. The maximum absolute atomic E-state index is 11.3. The number of nitrogens with one attached hydrogen (secondary N) is 1. The third kappa shape index (κ3) is 4.67. The number of carbonyl (C=O) groups excluding carboxylic acids is 1. The zero-order chi connectivity index (χ0) is 13.5. The number of amides is 1. The maximum Gasteiger partial charge on any atom is 0.239 e. The van der Waals surface area contributed by atoms with E-state index in [4.69, 9.17) is 10.5 Å². The van der Waals surface area contributed by atoms with Gasteiger partial charge in [0.2, 0.25) is 5.91 Å². The van der Waals surface area contributed by atoms with Crippen LogP contribution in [0.15, 0.2) is 12.4 Å². The lowest BCUT2D eigenvalue weighted by Gasteiger charge is -2.18. The van der Waals surface area contributed by atoms with Crippen LogP contribution in [-0.4, -0.2) is 29.0 Å². The molecule has 1 aromatic rings. The number of aromatic nitrogens is 2. The van der Waals surface area contributed by atoms with Crippen LogP contribution in [-0.2, 0) is 16.1 Å². The van der Waals surface area contributed by atoms with Crippen molar-refractivity contribution in [2.45, 2.75) is 32.9 Å². The van der Waals surface area contributed by atoms with Gasteiger partial charge in [0.25, 0.3) is 0 Å². The van der Waals surface area contributed by atoms with E-state index >= 15 is 0 Å². The van der Waals surface area contributed by atoms with Gasteiger partial charge in [-0.2, -0.15) is 0 Å². The smallest absolute Gasteiger partial charge is 0.239 e. The first-order valence-electron chi connectivity index (χ1n) is 5.88. The largest absolute Gasteiger partial charge is 0.378 e. The summed E-state index contributed by atoms with van der Waals surface area (Å²) in [4.78, 5) is 19.5. The molecule has 0 fully saturated rings. The predicted octanol–water partition coefficient (Wildman–Crippen LogP) is 0.935. The number of carbonyl (C=O) groups is 1. The highest BCUT2D eigenvalue weighted by molar-refractivity contribution is 5.82. The van der Waals surface area contributed by atoms with E-state index in [1.54, 1.807) is 13.2 Å². The van der Waals surface area contributed by atoms with Crippen LogP contribution in [0, 0.1) is 5.92 Å². The number of methoxy groups -OCH3 is 1. The summed E-state index contributed by atoms with van der Waals surface area (Å²) in [7, 11) is 1.60. The minimum Gasteiger partial charge on any atom is -0.378 e. The van der Waals surface area contributed by atoms with Gasteiger partial charge in [-0.25, -0.2) is 9.97 Å². The lowest BCUT2D eigenvalue weighted by atomic mass is 10.0. The zero-order valence-corrected chi connectivity index (χ0v) is 11.0. The molecule has 1 amide bonds. The predicted molar refractivity (Wildman–Crippen MR) is 68.8 cm³/mol. The van der Waals surface area contributed by atoms with Crippen molar-refractivity contribution in [3.05, 3.63) is 18.1 Å². The summed E-state index contributed by atoms with van der Waals surface area (Å²) in [6.45, 7) is 4.48. The second-order valence-corrected chi connectivity index (χ2v) is 4.56. The van der Waals surface area contributed by atoms with Gasteiger partial charge in [0.05, 0.1) is 12.3 Å². The molecule has 0 aliphatic carbocycles. The van der Waals surface area contributed by atoms with Crippen molar-refractivity contribution in [1.82, 2.24) is 9.97 Å². The molecule has 0 aliphatic heterocycles. The molecule has 1 heterocycles. The van der Waals surface area contributed by atoms with E-state index in [0.29, 0.717) is 24.8 Å². The molecule has 6 heteroatoms. The Hall–Kier alpha value is -1.69. The Morgan fingerprint density at radius 1 is 1.50 bits per heavy atom. The van der Waals surface area contributed by atoms with Gasteiger partial charge >= 0.3 is 0 Å². The number of nitrogens with zero attached hydrogens (tertiary/aromatic N) is 2. The van der Waals surface area contributed by atoms with Crippen LogP contribution in [0.1, 0.15) is 26.0 Å². The Balaban J connectivity index is 2.73. The SMILES string of the molecule is COCc1cc(N[C@@H](CC(C)C)C(N)=O)ncn1. The highest BCUT2D eigenvalue weighted by Crippen LogP contribution is 2.11. The molecule has 1 aromatic heterocycles. The zero-order valence-electron chi connectivity index (χ0n) is 11.0. The second-order valence-electron chi connectivity index (χ2n) is 4.56. The molecule has 0 radical (unpaired) electrons. The molecule has 0 unspecified atom stereocenters. The van der Waals surface area contributed by atoms with Crippen molar-refractivity contribution in [1.29, 1.82) is 0 Å². The fraction of sp³-hybridized carbons (Fsp3) is 0.583. The minimum absolute atomic E-state index is 0.371. The number of hydrogen-bond acceptors (Lipinski definition) is 5. The van der Waals surface area contributed by atoms with Gasteiger partial charge in [0.1, 0.15) is 18.2 Å². The molecular formula is C12H20N4O2. The van der Waals surface area contributed by atoms with Crippen molar-refractivity contribution in [3.63, 3.8) is 0 Å². The highest BCUT2D eigenvalue weighted by atomic mass is 16.5. The fourth-order valence-corrected chi connectivity index (χ4v) is 1.60. The van der Waals surface area contributed by atoms with E-state index in [1.165, 1.54) is 6.33 Å².